The lowest BCUT2D eigenvalue weighted by molar-refractivity contribution is -0.290. The second-order valence-corrected chi connectivity index (χ2v) is 3.92. The van der Waals surface area contributed by atoms with E-state index in [9.17, 15) is 24.9 Å². The highest BCUT2D eigenvalue weighted by molar-refractivity contribution is 5.66. The zero-order chi connectivity index (χ0) is 13.9. The number of carbonyl (C=O) groups is 2. The number of ether oxygens (including phenoxy) is 3. The Balaban J connectivity index is 2.70. The number of hydrogen-bond donors (Lipinski definition) is 3. The van der Waals surface area contributed by atoms with Gasteiger partial charge < -0.3 is 29.5 Å². The van der Waals surface area contributed by atoms with E-state index < -0.39 is 42.6 Å². The predicted octanol–water partition coefficient (Wildman–Crippen LogP) is -2.08. The lowest BCUT2D eigenvalue weighted by Crippen LogP contribution is -2.60. The molecule has 18 heavy (non-hydrogen) atoms. The van der Waals surface area contributed by atoms with Gasteiger partial charge in [-0.3, -0.25) is 9.59 Å². The summed E-state index contributed by atoms with van der Waals surface area (Å²) in [5.41, 5.74) is 0. The maximum atomic E-state index is 10.8. The molecule has 1 rings (SSSR count). The average Bonchev–Trinajstić information content (AvgIpc) is 2.27. The van der Waals surface area contributed by atoms with Gasteiger partial charge in [-0.25, -0.2) is 0 Å². The first-order chi connectivity index (χ1) is 8.32. The van der Waals surface area contributed by atoms with Crippen molar-refractivity contribution in [1.29, 1.82) is 0 Å². The van der Waals surface area contributed by atoms with Crippen LogP contribution in [-0.4, -0.2) is 64.6 Å². The van der Waals surface area contributed by atoms with Crippen LogP contribution in [0.4, 0.5) is 0 Å². The lowest BCUT2D eigenvalue weighted by atomic mass is 9.99. The van der Waals surface area contributed by atoms with E-state index in [4.69, 9.17) is 9.47 Å². The van der Waals surface area contributed by atoms with Crippen molar-refractivity contribution >= 4 is 11.9 Å². The third-order valence-electron chi connectivity index (χ3n) is 2.41. The summed E-state index contributed by atoms with van der Waals surface area (Å²) in [6.45, 7) is 1.95. The highest BCUT2D eigenvalue weighted by Crippen LogP contribution is 2.22. The van der Waals surface area contributed by atoms with Gasteiger partial charge in [0.1, 0.15) is 24.9 Å². The zero-order valence-electron chi connectivity index (χ0n) is 9.98. The molecule has 104 valence electrons. The molecule has 8 heteroatoms. The maximum Gasteiger partial charge on any atom is 0.303 e. The van der Waals surface area contributed by atoms with Gasteiger partial charge in [-0.1, -0.05) is 0 Å². The number of rotatable bonds is 3. The Bertz CT molecular complexity index is 317. The zero-order valence-corrected chi connectivity index (χ0v) is 9.98. The third-order valence-corrected chi connectivity index (χ3v) is 2.41. The van der Waals surface area contributed by atoms with E-state index in [2.05, 4.69) is 4.74 Å². The summed E-state index contributed by atoms with van der Waals surface area (Å²) < 4.78 is 14.2. The summed E-state index contributed by atoms with van der Waals surface area (Å²) in [6.07, 6.45) is -7.05. The Labute approximate surface area is 103 Å². The summed E-state index contributed by atoms with van der Waals surface area (Å²) in [4.78, 5) is 21.5. The standard InChI is InChI=1S/C10H16O8/c1-4(11)16-3-6-7(13)9(17-5(2)12)8(14)10(15)18-6/h6-10,13-15H,3H2,1-2H3/t6-,7-,8+,9+,10-/m1/s1. The van der Waals surface area contributed by atoms with Gasteiger partial charge in [-0.15, -0.1) is 0 Å². The van der Waals surface area contributed by atoms with Crippen LogP contribution in [0.1, 0.15) is 13.8 Å². The molecule has 0 amide bonds. The molecular weight excluding hydrogens is 248 g/mol. The largest absolute Gasteiger partial charge is 0.463 e. The number of carbonyl (C=O) groups excluding carboxylic acids is 2. The lowest BCUT2D eigenvalue weighted by Gasteiger charge is -2.39. The van der Waals surface area contributed by atoms with Gasteiger partial charge in [0.2, 0.25) is 0 Å². The van der Waals surface area contributed by atoms with E-state index in [1.54, 1.807) is 0 Å². The number of aliphatic hydroxyl groups excluding tert-OH is 3. The predicted molar refractivity (Wildman–Crippen MR) is 55.1 cm³/mol. The van der Waals surface area contributed by atoms with Crippen molar-refractivity contribution < 1.29 is 39.1 Å². The minimum absolute atomic E-state index is 0.321. The molecule has 0 bridgehead atoms. The van der Waals surface area contributed by atoms with Crippen LogP contribution in [0.5, 0.6) is 0 Å². The van der Waals surface area contributed by atoms with Gasteiger partial charge in [-0.2, -0.15) is 0 Å². The van der Waals surface area contributed by atoms with E-state index in [0.29, 0.717) is 0 Å². The van der Waals surface area contributed by atoms with Crippen molar-refractivity contribution in [3.63, 3.8) is 0 Å². The second kappa shape index (κ2) is 6.10. The van der Waals surface area contributed by atoms with Crippen molar-refractivity contribution in [1.82, 2.24) is 0 Å². The van der Waals surface area contributed by atoms with E-state index in [0.717, 1.165) is 6.92 Å². The van der Waals surface area contributed by atoms with E-state index in [1.807, 2.05) is 0 Å². The maximum absolute atomic E-state index is 10.8. The first kappa shape index (κ1) is 14.8. The molecule has 1 heterocycles. The summed E-state index contributed by atoms with van der Waals surface area (Å²) in [5, 5.41) is 28.7. The Morgan fingerprint density at radius 1 is 1.11 bits per heavy atom. The van der Waals surface area contributed by atoms with Crippen molar-refractivity contribution in [2.75, 3.05) is 6.61 Å². The van der Waals surface area contributed by atoms with E-state index >= 15 is 0 Å². The van der Waals surface area contributed by atoms with Crippen molar-refractivity contribution in [3.8, 4) is 0 Å². The molecule has 1 aliphatic heterocycles. The van der Waals surface area contributed by atoms with Crippen LogP contribution in [-0.2, 0) is 23.8 Å². The Hall–Kier alpha value is -1.22. The quantitative estimate of drug-likeness (QED) is 0.496. The van der Waals surface area contributed by atoms with Gasteiger partial charge in [0, 0.05) is 13.8 Å². The van der Waals surface area contributed by atoms with Crippen LogP contribution in [0.15, 0.2) is 0 Å². The molecule has 1 fully saturated rings. The Morgan fingerprint density at radius 3 is 2.22 bits per heavy atom. The normalized spacial score (nSPS) is 35.9. The first-order valence-electron chi connectivity index (χ1n) is 5.33. The molecule has 8 nitrogen and oxygen atoms in total. The van der Waals surface area contributed by atoms with Crippen LogP contribution in [0.25, 0.3) is 0 Å². The van der Waals surface area contributed by atoms with Crippen LogP contribution < -0.4 is 0 Å². The smallest absolute Gasteiger partial charge is 0.303 e. The molecule has 0 aromatic heterocycles. The highest BCUT2D eigenvalue weighted by Gasteiger charge is 2.46. The van der Waals surface area contributed by atoms with Crippen molar-refractivity contribution in [2.24, 2.45) is 0 Å². The molecular formula is C10H16O8. The van der Waals surface area contributed by atoms with E-state index in [-0.39, 0.29) is 6.61 Å². The van der Waals surface area contributed by atoms with Crippen LogP contribution >= 0.6 is 0 Å². The molecule has 0 saturated carbocycles. The second-order valence-electron chi connectivity index (χ2n) is 3.92. The molecule has 0 aromatic rings. The van der Waals surface area contributed by atoms with E-state index in [1.165, 1.54) is 6.92 Å². The number of hydrogen-bond acceptors (Lipinski definition) is 8. The monoisotopic (exact) mass is 264 g/mol. The van der Waals surface area contributed by atoms with Crippen LogP contribution in [0.2, 0.25) is 0 Å². The van der Waals surface area contributed by atoms with Crippen molar-refractivity contribution in [2.45, 2.75) is 44.6 Å². The molecule has 0 aliphatic carbocycles. The van der Waals surface area contributed by atoms with Crippen LogP contribution in [0.3, 0.4) is 0 Å². The minimum Gasteiger partial charge on any atom is -0.463 e. The SMILES string of the molecule is CC(=O)OC[C@H]1O[C@@H](O)[C@@H](O)[C@@H](OC(C)=O)[C@@H]1O. The highest BCUT2D eigenvalue weighted by atomic mass is 16.7. The molecule has 0 aromatic carbocycles. The molecule has 5 atom stereocenters. The van der Waals surface area contributed by atoms with Crippen LogP contribution in [0, 0.1) is 0 Å². The third kappa shape index (κ3) is 3.64. The number of aliphatic hydroxyl groups is 3. The van der Waals surface area contributed by atoms with Gasteiger partial charge in [0.05, 0.1) is 0 Å². The first-order valence-corrected chi connectivity index (χ1v) is 5.33. The summed E-state index contributed by atoms with van der Waals surface area (Å²) in [6, 6.07) is 0. The average molecular weight is 264 g/mol. The topological polar surface area (TPSA) is 123 Å². The van der Waals surface area contributed by atoms with Crippen molar-refractivity contribution in [3.05, 3.63) is 0 Å². The fourth-order valence-corrected chi connectivity index (χ4v) is 1.58. The fraction of sp³-hybridized carbons (Fsp3) is 0.800. The summed E-state index contributed by atoms with van der Waals surface area (Å²) in [7, 11) is 0. The molecule has 0 radical (unpaired) electrons. The Kier molecular flexibility index (Phi) is 5.03. The Morgan fingerprint density at radius 2 is 1.72 bits per heavy atom. The minimum atomic E-state index is -1.64. The molecule has 3 N–H and O–H groups in total. The fourth-order valence-electron chi connectivity index (χ4n) is 1.58. The van der Waals surface area contributed by atoms with Gasteiger partial charge in [0.25, 0.3) is 0 Å². The van der Waals surface area contributed by atoms with Gasteiger partial charge >= 0.3 is 11.9 Å². The summed E-state index contributed by atoms with van der Waals surface area (Å²) >= 11 is 0. The van der Waals surface area contributed by atoms with Gasteiger partial charge in [0.15, 0.2) is 12.4 Å². The summed E-state index contributed by atoms with van der Waals surface area (Å²) in [5.74, 6) is -1.31. The van der Waals surface area contributed by atoms with Gasteiger partial charge in [-0.05, 0) is 0 Å². The molecule has 1 saturated heterocycles. The number of esters is 2. The molecule has 0 unspecified atom stereocenters. The molecule has 1 aliphatic rings. The molecule has 0 spiro atoms.